The molecule has 0 spiro atoms. The lowest BCUT2D eigenvalue weighted by Gasteiger charge is -2.50. The highest BCUT2D eigenvalue weighted by Crippen LogP contribution is 3.02. The molecule has 0 bridgehead atoms. The van der Waals surface area contributed by atoms with Gasteiger partial charge >= 0.3 is 10.2 Å². The summed E-state index contributed by atoms with van der Waals surface area (Å²) in [5.74, 6) is 0.462. The van der Waals surface area contributed by atoms with E-state index in [0.717, 1.165) is 49.5 Å². The van der Waals surface area contributed by atoms with Gasteiger partial charge in [-0.15, -0.1) is 11.3 Å². The maximum Gasteiger partial charge on any atom is 0.310 e. The first kappa shape index (κ1) is 25.9. The van der Waals surface area contributed by atoms with E-state index in [1.165, 1.54) is 23.5 Å². The van der Waals surface area contributed by atoms with E-state index in [-0.39, 0.29) is 12.1 Å². The summed E-state index contributed by atoms with van der Waals surface area (Å²) in [5, 5.41) is 2.87. The Kier molecular flexibility index (Phi) is 6.40. The first-order valence-electron chi connectivity index (χ1n) is 12.0. The lowest BCUT2D eigenvalue weighted by molar-refractivity contribution is -0.00870. The Balaban J connectivity index is 1.75. The van der Waals surface area contributed by atoms with Crippen molar-refractivity contribution in [1.82, 2.24) is 14.8 Å². The van der Waals surface area contributed by atoms with Crippen LogP contribution in [0.4, 0.5) is 19.4 Å². The Morgan fingerprint density at radius 1 is 0.941 bits per heavy atom. The van der Waals surface area contributed by atoms with E-state index >= 15 is 0 Å². The van der Waals surface area contributed by atoms with Gasteiger partial charge < -0.3 is 0 Å². The molecule has 1 aliphatic heterocycles. The minimum atomic E-state index is -9.72. The maximum absolute atomic E-state index is 13.4. The molecule has 1 aromatic heterocycles. The number of nitrogens with zero attached hydrogens (tertiary/aromatic N) is 3. The highest BCUT2D eigenvalue weighted by molar-refractivity contribution is 8.45. The van der Waals surface area contributed by atoms with Crippen molar-refractivity contribution >= 4 is 21.6 Å². The van der Waals surface area contributed by atoms with Crippen LogP contribution in [0.3, 0.4) is 0 Å². The van der Waals surface area contributed by atoms with Gasteiger partial charge in [0, 0.05) is 42.5 Å². The van der Waals surface area contributed by atoms with Gasteiger partial charge in [0.2, 0.25) is 0 Å². The summed E-state index contributed by atoms with van der Waals surface area (Å²) in [4.78, 5) is 7.89. The fraction of sp³-hybridized carbons (Fsp3) is 0.625. The van der Waals surface area contributed by atoms with Crippen LogP contribution >= 0.6 is 21.6 Å². The number of rotatable bonds is 8. The molecule has 2 aromatic rings. The van der Waals surface area contributed by atoms with Crippen molar-refractivity contribution in [2.75, 3.05) is 13.1 Å². The molecule has 1 aliphatic carbocycles. The number of hydrogen-bond acceptors (Lipinski definition) is 4. The first-order valence-corrected chi connectivity index (χ1v) is 14.9. The van der Waals surface area contributed by atoms with Crippen LogP contribution in [-0.4, -0.2) is 46.0 Å². The van der Waals surface area contributed by atoms with E-state index in [1.54, 1.807) is 0 Å². The SMILES string of the molecule is CC[C@H]1CN([C@H](c2ccc(S(F)(F)(F)(F)F)cc2)c2nc(C3CC3)cs2)[C@H](CC)CN1C(C)C. The van der Waals surface area contributed by atoms with E-state index in [2.05, 4.69) is 37.5 Å². The predicted octanol–water partition coefficient (Wildman–Crippen LogP) is 8.35. The molecule has 10 heteroatoms. The van der Waals surface area contributed by atoms with Crippen LogP contribution in [0.15, 0.2) is 34.5 Å². The van der Waals surface area contributed by atoms with Crippen molar-refractivity contribution in [3.63, 3.8) is 0 Å². The number of benzene rings is 1. The molecule has 0 unspecified atom stereocenters. The van der Waals surface area contributed by atoms with Gasteiger partial charge in [-0.05, 0) is 57.2 Å². The zero-order chi connectivity index (χ0) is 25.0. The highest BCUT2D eigenvalue weighted by atomic mass is 32.5. The van der Waals surface area contributed by atoms with Gasteiger partial charge in [-0.3, -0.25) is 9.80 Å². The summed E-state index contributed by atoms with van der Waals surface area (Å²) in [5.41, 5.74) is 1.61. The molecule has 192 valence electrons. The zero-order valence-electron chi connectivity index (χ0n) is 20.1. The Labute approximate surface area is 203 Å². The average Bonchev–Trinajstić information content (AvgIpc) is 3.50. The molecule has 2 heterocycles. The zero-order valence-corrected chi connectivity index (χ0v) is 21.7. The van der Waals surface area contributed by atoms with E-state index in [9.17, 15) is 19.4 Å². The van der Waals surface area contributed by atoms with Gasteiger partial charge in [0.25, 0.3) is 0 Å². The van der Waals surface area contributed by atoms with Gasteiger partial charge in [0.05, 0.1) is 11.7 Å². The number of thiazole rings is 1. The molecular weight excluding hydrogens is 489 g/mol. The van der Waals surface area contributed by atoms with Gasteiger partial charge in [0.1, 0.15) is 9.90 Å². The lowest BCUT2D eigenvalue weighted by Crippen LogP contribution is -2.60. The Bertz CT molecular complexity index is 1000. The lowest BCUT2D eigenvalue weighted by atomic mass is 9.95. The first-order chi connectivity index (χ1) is 15.7. The third-order valence-electron chi connectivity index (χ3n) is 7.13. The molecule has 0 amide bonds. The molecule has 2 fully saturated rings. The second kappa shape index (κ2) is 8.42. The monoisotopic (exact) mass is 523 g/mol. The van der Waals surface area contributed by atoms with Crippen LogP contribution in [0.2, 0.25) is 0 Å². The van der Waals surface area contributed by atoms with Crippen LogP contribution < -0.4 is 0 Å². The summed E-state index contributed by atoms with van der Waals surface area (Å²) in [6, 6.07) is 4.04. The Hall–Kier alpha value is -1.23. The van der Waals surface area contributed by atoms with Crippen molar-refractivity contribution in [1.29, 1.82) is 0 Å². The molecule has 34 heavy (non-hydrogen) atoms. The number of hydrogen-bond donors (Lipinski definition) is 0. The molecule has 1 aromatic carbocycles. The average molecular weight is 524 g/mol. The van der Waals surface area contributed by atoms with E-state index < -0.39 is 15.1 Å². The molecule has 4 rings (SSSR count). The molecule has 3 nitrogen and oxygen atoms in total. The Morgan fingerprint density at radius 2 is 1.50 bits per heavy atom. The van der Waals surface area contributed by atoms with E-state index in [4.69, 9.17) is 4.98 Å². The van der Waals surface area contributed by atoms with Crippen molar-refractivity contribution in [3.05, 3.63) is 45.9 Å². The van der Waals surface area contributed by atoms with Crippen molar-refractivity contribution in [3.8, 4) is 0 Å². The fourth-order valence-corrected chi connectivity index (χ4v) is 6.74. The van der Waals surface area contributed by atoms with Crippen LogP contribution in [-0.2, 0) is 0 Å². The Morgan fingerprint density at radius 3 is 2.00 bits per heavy atom. The van der Waals surface area contributed by atoms with Gasteiger partial charge in [-0.2, -0.15) is 0 Å². The van der Waals surface area contributed by atoms with Crippen LogP contribution in [0.25, 0.3) is 0 Å². The van der Waals surface area contributed by atoms with Gasteiger partial charge in [-0.1, -0.05) is 45.4 Å². The van der Waals surface area contributed by atoms with Crippen molar-refractivity contribution in [2.45, 2.75) is 88.4 Å². The number of halogens is 5. The van der Waals surface area contributed by atoms with Gasteiger partial charge in [0.15, 0.2) is 0 Å². The minimum Gasteiger partial charge on any atom is -0.295 e. The minimum absolute atomic E-state index is 0.179. The summed E-state index contributed by atoms with van der Waals surface area (Å²) in [6.45, 7) is 10.2. The molecule has 1 saturated heterocycles. The molecular formula is C24H34F5N3S2. The molecule has 3 atom stereocenters. The van der Waals surface area contributed by atoms with Crippen molar-refractivity contribution < 1.29 is 19.4 Å². The second-order valence-electron chi connectivity index (χ2n) is 9.94. The number of aromatic nitrogens is 1. The molecule has 1 saturated carbocycles. The topological polar surface area (TPSA) is 19.4 Å². The van der Waals surface area contributed by atoms with E-state index in [0.29, 0.717) is 35.7 Å². The molecule has 0 N–H and O–H groups in total. The smallest absolute Gasteiger partial charge is 0.295 e. The summed E-state index contributed by atoms with van der Waals surface area (Å²) < 4.78 is 66.8. The maximum atomic E-state index is 13.4. The van der Waals surface area contributed by atoms with E-state index in [1.807, 2.05) is 5.38 Å². The predicted molar refractivity (Wildman–Crippen MR) is 130 cm³/mol. The second-order valence-corrected chi connectivity index (χ2v) is 13.2. The third kappa shape index (κ3) is 5.44. The fourth-order valence-electron chi connectivity index (χ4n) is 5.05. The summed E-state index contributed by atoms with van der Waals surface area (Å²) >= 11 is 1.52. The highest BCUT2D eigenvalue weighted by Gasteiger charge is 2.65. The molecule has 2 aliphatic rings. The van der Waals surface area contributed by atoms with Crippen LogP contribution in [0.5, 0.6) is 0 Å². The normalized spacial score (nSPS) is 25.8. The van der Waals surface area contributed by atoms with Crippen molar-refractivity contribution in [2.24, 2.45) is 0 Å². The van der Waals surface area contributed by atoms with Crippen LogP contribution in [0.1, 0.15) is 81.6 Å². The standard InChI is InChI=1S/C24H34F5N3S2/c1-5-19-14-32(20(6-2)13-31(19)16(3)4)23(24-30-22(15-33-24)17-7-8-17)18-9-11-21(12-10-18)34(25,26,27,28)29/h9-12,15-17,19-20,23H,5-8,13-14H2,1-4H3/t19-,20+,23+/m0/s1. The third-order valence-corrected chi connectivity index (χ3v) is 9.21. The van der Waals surface area contributed by atoms with Crippen LogP contribution in [0, 0.1) is 0 Å². The summed E-state index contributed by atoms with van der Waals surface area (Å²) in [6.07, 6.45) is 4.04. The quantitative estimate of drug-likeness (QED) is 0.324. The largest absolute Gasteiger partial charge is 0.310 e. The summed E-state index contributed by atoms with van der Waals surface area (Å²) in [7, 11) is -9.72. The molecule has 0 radical (unpaired) electrons. The number of piperazine rings is 1. The van der Waals surface area contributed by atoms with Gasteiger partial charge in [-0.25, -0.2) is 4.98 Å².